The topological polar surface area (TPSA) is 64.3 Å². The molecular weight excluding hydrogens is 192 g/mol. The average molecular weight is 214 g/mol. The summed E-state index contributed by atoms with van der Waals surface area (Å²) < 4.78 is 4.92. The van der Waals surface area contributed by atoms with Gasteiger partial charge in [-0.1, -0.05) is 20.4 Å². The fourth-order valence-corrected chi connectivity index (χ4v) is 1.20. The summed E-state index contributed by atoms with van der Waals surface area (Å²) in [5, 5.41) is 2.77. The van der Waals surface area contributed by atoms with Crippen molar-refractivity contribution in [3.8, 4) is 0 Å². The van der Waals surface area contributed by atoms with E-state index in [1.165, 1.54) is 6.26 Å². The lowest BCUT2D eigenvalue weighted by Crippen LogP contribution is -2.41. The number of hydrogen-bond acceptors (Lipinski definition) is 3. The molecule has 0 aromatic carbocycles. The molecule has 0 aromatic heterocycles. The van der Waals surface area contributed by atoms with Crippen molar-refractivity contribution in [3.63, 3.8) is 0 Å². The first-order chi connectivity index (χ1) is 7.07. The lowest BCUT2D eigenvalue weighted by atomic mass is 10.0. The van der Waals surface area contributed by atoms with Crippen molar-refractivity contribution in [2.24, 2.45) is 11.7 Å². The molecule has 88 valence electrons. The summed E-state index contributed by atoms with van der Waals surface area (Å²) in [6, 6.07) is -0.398. The second kappa shape index (κ2) is 8.29. The highest BCUT2D eigenvalue weighted by Crippen LogP contribution is 2.02. The van der Waals surface area contributed by atoms with Crippen LogP contribution in [-0.2, 0) is 9.53 Å². The van der Waals surface area contributed by atoms with Crippen LogP contribution in [0.5, 0.6) is 0 Å². The molecule has 0 saturated heterocycles. The Labute approximate surface area is 91.9 Å². The van der Waals surface area contributed by atoms with E-state index in [0.717, 1.165) is 12.8 Å². The summed E-state index contributed by atoms with van der Waals surface area (Å²) in [5.74, 6) is 0.358. The van der Waals surface area contributed by atoms with Crippen LogP contribution in [-0.4, -0.2) is 25.1 Å². The molecular formula is C11H22N2O2. The van der Waals surface area contributed by atoms with Crippen molar-refractivity contribution in [2.75, 3.05) is 13.2 Å². The number of ether oxygens (including phenoxy) is 1. The van der Waals surface area contributed by atoms with Gasteiger partial charge in [0.25, 0.3) is 0 Å². The summed E-state index contributed by atoms with van der Waals surface area (Å²) in [5.41, 5.74) is 5.70. The van der Waals surface area contributed by atoms with Crippen LogP contribution in [0.25, 0.3) is 0 Å². The van der Waals surface area contributed by atoms with E-state index < -0.39 is 6.04 Å². The van der Waals surface area contributed by atoms with E-state index >= 15 is 0 Å². The molecule has 1 amide bonds. The van der Waals surface area contributed by atoms with Gasteiger partial charge in [-0.3, -0.25) is 4.79 Å². The molecule has 3 N–H and O–H groups in total. The quantitative estimate of drug-likeness (QED) is 0.468. The maximum Gasteiger partial charge on any atom is 0.236 e. The van der Waals surface area contributed by atoms with E-state index in [4.69, 9.17) is 10.5 Å². The molecule has 0 radical (unpaired) electrons. The molecule has 4 nitrogen and oxygen atoms in total. The molecule has 0 unspecified atom stereocenters. The van der Waals surface area contributed by atoms with E-state index in [1.54, 1.807) is 0 Å². The third-order valence-electron chi connectivity index (χ3n) is 1.92. The van der Waals surface area contributed by atoms with Gasteiger partial charge in [0, 0.05) is 6.54 Å². The summed E-state index contributed by atoms with van der Waals surface area (Å²) in [6.45, 7) is 8.69. The SMILES string of the molecule is C=COCCCNC(=O)[C@H](N)CC(C)C. The summed E-state index contributed by atoms with van der Waals surface area (Å²) in [4.78, 5) is 11.4. The normalized spacial score (nSPS) is 12.3. The van der Waals surface area contributed by atoms with Crippen LogP contribution in [0.15, 0.2) is 12.8 Å². The molecule has 0 aliphatic carbocycles. The monoisotopic (exact) mass is 214 g/mol. The highest BCUT2D eigenvalue weighted by Gasteiger charge is 2.13. The number of carbonyl (C=O) groups excluding carboxylic acids is 1. The Bertz CT molecular complexity index is 193. The lowest BCUT2D eigenvalue weighted by Gasteiger charge is -2.13. The van der Waals surface area contributed by atoms with E-state index in [2.05, 4.69) is 11.9 Å². The van der Waals surface area contributed by atoms with Gasteiger partial charge in [0.1, 0.15) is 0 Å². The van der Waals surface area contributed by atoms with Crippen LogP contribution in [0.2, 0.25) is 0 Å². The fourth-order valence-electron chi connectivity index (χ4n) is 1.20. The van der Waals surface area contributed by atoms with Crippen LogP contribution in [0.3, 0.4) is 0 Å². The maximum absolute atomic E-state index is 11.4. The van der Waals surface area contributed by atoms with Gasteiger partial charge < -0.3 is 15.8 Å². The number of rotatable bonds is 8. The van der Waals surface area contributed by atoms with Gasteiger partial charge >= 0.3 is 0 Å². The van der Waals surface area contributed by atoms with E-state index in [0.29, 0.717) is 19.1 Å². The molecule has 0 bridgehead atoms. The number of hydrogen-bond donors (Lipinski definition) is 2. The van der Waals surface area contributed by atoms with Gasteiger partial charge in [0.2, 0.25) is 5.91 Å². The van der Waals surface area contributed by atoms with Gasteiger partial charge in [-0.25, -0.2) is 0 Å². The van der Waals surface area contributed by atoms with E-state index in [9.17, 15) is 4.79 Å². The maximum atomic E-state index is 11.4. The van der Waals surface area contributed by atoms with Crippen LogP contribution >= 0.6 is 0 Å². The standard InChI is InChI=1S/C11H22N2O2/c1-4-15-7-5-6-13-11(14)10(12)8-9(2)3/h4,9-10H,1,5-8,12H2,2-3H3,(H,13,14)/t10-/m1/s1. The second-order valence-corrected chi connectivity index (χ2v) is 3.92. The Balaban J connectivity index is 3.51. The molecule has 0 saturated carbocycles. The molecule has 0 heterocycles. The summed E-state index contributed by atoms with van der Waals surface area (Å²) in [6.07, 6.45) is 2.88. The minimum atomic E-state index is -0.398. The zero-order valence-electron chi connectivity index (χ0n) is 9.66. The highest BCUT2D eigenvalue weighted by atomic mass is 16.5. The summed E-state index contributed by atoms with van der Waals surface area (Å²) in [7, 11) is 0. The number of amides is 1. The molecule has 0 spiro atoms. The minimum Gasteiger partial charge on any atom is -0.502 e. The van der Waals surface area contributed by atoms with Gasteiger partial charge in [0.05, 0.1) is 18.9 Å². The molecule has 0 aliphatic heterocycles. The molecule has 15 heavy (non-hydrogen) atoms. The second-order valence-electron chi connectivity index (χ2n) is 3.92. The summed E-state index contributed by atoms with van der Waals surface area (Å²) >= 11 is 0. The Morgan fingerprint density at radius 1 is 1.60 bits per heavy atom. The highest BCUT2D eigenvalue weighted by molar-refractivity contribution is 5.81. The average Bonchev–Trinajstić information content (AvgIpc) is 2.16. The molecule has 0 rings (SSSR count). The third kappa shape index (κ3) is 8.00. The van der Waals surface area contributed by atoms with Crippen molar-refractivity contribution < 1.29 is 9.53 Å². The number of nitrogens with one attached hydrogen (secondary N) is 1. The Kier molecular flexibility index (Phi) is 7.72. The van der Waals surface area contributed by atoms with Gasteiger partial charge in [-0.05, 0) is 18.8 Å². The minimum absolute atomic E-state index is 0.0812. The predicted octanol–water partition coefficient (Wildman–Crippen LogP) is 1.03. The van der Waals surface area contributed by atoms with E-state index in [-0.39, 0.29) is 5.91 Å². The molecule has 1 atom stereocenters. The van der Waals surface area contributed by atoms with Crippen molar-refractivity contribution in [3.05, 3.63) is 12.8 Å². The first-order valence-electron chi connectivity index (χ1n) is 5.33. The lowest BCUT2D eigenvalue weighted by molar-refractivity contribution is -0.122. The Hall–Kier alpha value is -1.03. The Morgan fingerprint density at radius 3 is 2.80 bits per heavy atom. The van der Waals surface area contributed by atoms with Gasteiger partial charge in [-0.2, -0.15) is 0 Å². The molecule has 0 fully saturated rings. The Morgan fingerprint density at radius 2 is 2.27 bits per heavy atom. The third-order valence-corrected chi connectivity index (χ3v) is 1.92. The van der Waals surface area contributed by atoms with Crippen molar-refractivity contribution >= 4 is 5.91 Å². The fraction of sp³-hybridized carbons (Fsp3) is 0.727. The van der Waals surface area contributed by atoms with Crippen LogP contribution in [0.1, 0.15) is 26.7 Å². The van der Waals surface area contributed by atoms with Gasteiger partial charge in [-0.15, -0.1) is 0 Å². The first-order valence-corrected chi connectivity index (χ1v) is 5.33. The molecule has 0 aromatic rings. The van der Waals surface area contributed by atoms with Crippen molar-refractivity contribution in [2.45, 2.75) is 32.7 Å². The van der Waals surface area contributed by atoms with Crippen LogP contribution in [0.4, 0.5) is 0 Å². The van der Waals surface area contributed by atoms with Crippen molar-refractivity contribution in [1.82, 2.24) is 5.32 Å². The van der Waals surface area contributed by atoms with Crippen molar-refractivity contribution in [1.29, 1.82) is 0 Å². The molecule has 4 heteroatoms. The zero-order chi connectivity index (χ0) is 11.7. The largest absolute Gasteiger partial charge is 0.502 e. The van der Waals surface area contributed by atoms with Crippen LogP contribution in [0, 0.1) is 5.92 Å². The molecule has 0 aliphatic rings. The zero-order valence-corrected chi connectivity index (χ0v) is 9.66. The predicted molar refractivity (Wildman–Crippen MR) is 61.2 cm³/mol. The number of nitrogens with two attached hydrogens (primary N) is 1. The first kappa shape index (κ1) is 14.0. The number of carbonyl (C=O) groups is 1. The van der Waals surface area contributed by atoms with Gasteiger partial charge in [0.15, 0.2) is 0 Å². The van der Waals surface area contributed by atoms with Crippen LogP contribution < -0.4 is 11.1 Å². The smallest absolute Gasteiger partial charge is 0.236 e. The van der Waals surface area contributed by atoms with E-state index in [1.807, 2.05) is 13.8 Å².